The molecule has 0 aromatic heterocycles. The first-order valence-corrected chi connectivity index (χ1v) is 7.57. The first-order valence-electron chi connectivity index (χ1n) is 7.19. The first kappa shape index (κ1) is 15.1. The van der Waals surface area contributed by atoms with E-state index >= 15 is 0 Å². The Morgan fingerprint density at radius 2 is 2.35 bits per heavy atom. The van der Waals surface area contributed by atoms with Gasteiger partial charge < -0.3 is 16.0 Å². The summed E-state index contributed by atoms with van der Waals surface area (Å²) in [6, 6.07) is 6.02. The van der Waals surface area contributed by atoms with Crippen LogP contribution in [0.3, 0.4) is 0 Å². The van der Waals surface area contributed by atoms with Gasteiger partial charge in [0, 0.05) is 24.8 Å². The summed E-state index contributed by atoms with van der Waals surface area (Å²) in [5.41, 5.74) is 6.72. The van der Waals surface area contributed by atoms with Crippen molar-refractivity contribution in [3.05, 3.63) is 28.8 Å². The monoisotopic (exact) mass is 295 g/mol. The molecule has 1 amide bonds. The molecule has 0 aliphatic carbocycles. The maximum atomic E-state index is 11.2. The van der Waals surface area contributed by atoms with Crippen molar-refractivity contribution < 1.29 is 4.79 Å². The number of anilines is 1. The van der Waals surface area contributed by atoms with Crippen LogP contribution in [-0.2, 0) is 0 Å². The summed E-state index contributed by atoms with van der Waals surface area (Å²) >= 11 is 6.14. The Morgan fingerprint density at radius 3 is 2.90 bits per heavy atom. The lowest BCUT2D eigenvalue weighted by Gasteiger charge is -2.28. The molecule has 3 N–H and O–H groups in total. The van der Waals surface area contributed by atoms with Crippen LogP contribution in [0.15, 0.2) is 18.2 Å². The van der Waals surface area contributed by atoms with Gasteiger partial charge in [0.05, 0.1) is 10.6 Å². The number of benzene rings is 1. The number of rotatable bonds is 6. The summed E-state index contributed by atoms with van der Waals surface area (Å²) in [5, 5.41) is 3.94. The van der Waals surface area contributed by atoms with Gasteiger partial charge in [-0.05, 0) is 44.0 Å². The predicted octanol–water partition coefficient (Wildman–Crippen LogP) is 2.41. The molecule has 1 aromatic carbocycles. The van der Waals surface area contributed by atoms with Crippen LogP contribution in [0.25, 0.3) is 0 Å². The van der Waals surface area contributed by atoms with E-state index in [9.17, 15) is 4.79 Å². The number of carbonyl (C=O) groups excluding carboxylic acids is 1. The summed E-state index contributed by atoms with van der Waals surface area (Å²) in [6.45, 7) is 5.21. The van der Waals surface area contributed by atoms with Crippen molar-refractivity contribution in [3.8, 4) is 0 Å². The van der Waals surface area contributed by atoms with Crippen LogP contribution in [0.5, 0.6) is 0 Å². The standard InChI is InChI=1S/C15H22ClN3O/c1-2-8-19(10-11-4-3-7-18-11)12-5-6-13(15(17)20)14(16)9-12/h5-6,9,11,18H,2-4,7-8,10H2,1H3,(H2,17,20). The minimum absolute atomic E-state index is 0.380. The summed E-state index contributed by atoms with van der Waals surface area (Å²) in [7, 11) is 0. The molecular weight excluding hydrogens is 274 g/mol. The molecule has 20 heavy (non-hydrogen) atoms. The van der Waals surface area contributed by atoms with Crippen molar-refractivity contribution in [1.29, 1.82) is 0 Å². The number of nitrogens with two attached hydrogens (primary N) is 1. The molecule has 1 aromatic rings. The lowest BCUT2D eigenvalue weighted by molar-refractivity contribution is 0.100. The van der Waals surface area contributed by atoms with Gasteiger partial charge in [0.1, 0.15) is 0 Å². The van der Waals surface area contributed by atoms with Gasteiger partial charge in [-0.3, -0.25) is 4.79 Å². The van der Waals surface area contributed by atoms with E-state index in [1.165, 1.54) is 12.8 Å². The van der Waals surface area contributed by atoms with Crippen LogP contribution < -0.4 is 16.0 Å². The SMILES string of the molecule is CCCN(CC1CCCN1)c1ccc(C(N)=O)c(Cl)c1. The van der Waals surface area contributed by atoms with E-state index in [-0.39, 0.29) is 0 Å². The zero-order chi connectivity index (χ0) is 14.5. The zero-order valence-corrected chi connectivity index (χ0v) is 12.6. The van der Waals surface area contributed by atoms with Crippen molar-refractivity contribution >= 4 is 23.2 Å². The smallest absolute Gasteiger partial charge is 0.250 e. The fourth-order valence-electron chi connectivity index (χ4n) is 2.67. The second-order valence-electron chi connectivity index (χ2n) is 5.27. The highest BCUT2D eigenvalue weighted by molar-refractivity contribution is 6.34. The van der Waals surface area contributed by atoms with E-state index < -0.39 is 5.91 Å². The second-order valence-corrected chi connectivity index (χ2v) is 5.67. The highest BCUT2D eigenvalue weighted by Gasteiger charge is 2.18. The lowest BCUT2D eigenvalue weighted by Crippen LogP contribution is -2.38. The molecule has 0 bridgehead atoms. The molecule has 1 fully saturated rings. The molecule has 0 spiro atoms. The van der Waals surface area contributed by atoms with E-state index in [1.54, 1.807) is 6.07 Å². The summed E-state index contributed by atoms with van der Waals surface area (Å²) in [4.78, 5) is 13.5. The first-order chi connectivity index (χ1) is 9.61. The Balaban J connectivity index is 2.15. The predicted molar refractivity (Wildman–Crippen MR) is 83.5 cm³/mol. The van der Waals surface area contributed by atoms with E-state index in [2.05, 4.69) is 17.1 Å². The Kier molecular flexibility index (Phi) is 5.26. The molecule has 5 heteroatoms. The molecule has 1 heterocycles. The third-order valence-corrected chi connectivity index (χ3v) is 3.99. The third kappa shape index (κ3) is 3.64. The Labute approximate surface area is 125 Å². The highest BCUT2D eigenvalue weighted by Crippen LogP contribution is 2.24. The average molecular weight is 296 g/mol. The van der Waals surface area contributed by atoms with Crippen molar-refractivity contribution in [2.75, 3.05) is 24.5 Å². The largest absolute Gasteiger partial charge is 0.370 e. The zero-order valence-electron chi connectivity index (χ0n) is 11.9. The van der Waals surface area contributed by atoms with Crippen molar-refractivity contribution in [2.45, 2.75) is 32.2 Å². The van der Waals surface area contributed by atoms with Gasteiger partial charge in [0.2, 0.25) is 5.91 Å². The van der Waals surface area contributed by atoms with Crippen LogP contribution in [0.4, 0.5) is 5.69 Å². The fourth-order valence-corrected chi connectivity index (χ4v) is 2.94. The van der Waals surface area contributed by atoms with Gasteiger partial charge in [-0.2, -0.15) is 0 Å². The van der Waals surface area contributed by atoms with Gasteiger partial charge >= 0.3 is 0 Å². The van der Waals surface area contributed by atoms with Crippen LogP contribution in [0.1, 0.15) is 36.5 Å². The maximum absolute atomic E-state index is 11.2. The molecule has 4 nitrogen and oxygen atoms in total. The number of nitrogens with zero attached hydrogens (tertiary/aromatic N) is 1. The average Bonchev–Trinajstić information content (AvgIpc) is 2.90. The van der Waals surface area contributed by atoms with Gasteiger partial charge in [0.15, 0.2) is 0 Å². The van der Waals surface area contributed by atoms with Crippen molar-refractivity contribution in [1.82, 2.24) is 5.32 Å². The summed E-state index contributed by atoms with van der Waals surface area (Å²) in [6.07, 6.45) is 3.53. The van der Waals surface area contributed by atoms with Crippen molar-refractivity contribution in [2.24, 2.45) is 5.73 Å². The van der Waals surface area contributed by atoms with Gasteiger partial charge in [-0.1, -0.05) is 18.5 Å². The third-order valence-electron chi connectivity index (χ3n) is 3.68. The Morgan fingerprint density at radius 1 is 1.55 bits per heavy atom. The van der Waals surface area contributed by atoms with Crippen LogP contribution in [-0.4, -0.2) is 31.6 Å². The van der Waals surface area contributed by atoms with Crippen molar-refractivity contribution in [3.63, 3.8) is 0 Å². The van der Waals surface area contributed by atoms with Crippen LogP contribution in [0, 0.1) is 0 Å². The number of primary amides is 1. The van der Waals surface area contributed by atoms with E-state index in [1.807, 2.05) is 12.1 Å². The van der Waals surface area contributed by atoms with Crippen LogP contribution >= 0.6 is 11.6 Å². The van der Waals surface area contributed by atoms with Gasteiger partial charge in [-0.25, -0.2) is 0 Å². The Hall–Kier alpha value is -1.26. The molecule has 0 radical (unpaired) electrons. The molecule has 1 unspecified atom stereocenters. The molecule has 1 aliphatic rings. The molecule has 110 valence electrons. The summed E-state index contributed by atoms with van der Waals surface area (Å²) < 4.78 is 0. The number of hydrogen-bond acceptors (Lipinski definition) is 3. The number of hydrogen-bond donors (Lipinski definition) is 2. The topological polar surface area (TPSA) is 58.4 Å². The fraction of sp³-hybridized carbons (Fsp3) is 0.533. The maximum Gasteiger partial charge on any atom is 0.250 e. The minimum atomic E-state index is -0.485. The van der Waals surface area contributed by atoms with Crippen LogP contribution in [0.2, 0.25) is 5.02 Å². The number of halogens is 1. The quantitative estimate of drug-likeness (QED) is 0.847. The molecule has 0 saturated carbocycles. The minimum Gasteiger partial charge on any atom is -0.370 e. The second kappa shape index (κ2) is 6.95. The van der Waals surface area contributed by atoms with E-state index in [0.717, 1.165) is 31.7 Å². The van der Waals surface area contributed by atoms with Gasteiger partial charge in [0.25, 0.3) is 0 Å². The van der Waals surface area contributed by atoms with E-state index in [0.29, 0.717) is 16.6 Å². The number of amides is 1. The van der Waals surface area contributed by atoms with Gasteiger partial charge in [-0.15, -0.1) is 0 Å². The number of nitrogens with one attached hydrogen (secondary N) is 1. The molecule has 1 saturated heterocycles. The lowest BCUT2D eigenvalue weighted by atomic mass is 10.1. The molecule has 1 aliphatic heterocycles. The van der Waals surface area contributed by atoms with E-state index in [4.69, 9.17) is 17.3 Å². The number of carbonyl (C=O) groups is 1. The summed E-state index contributed by atoms with van der Waals surface area (Å²) in [5.74, 6) is -0.485. The normalized spacial score (nSPS) is 18.2. The molecule has 1 atom stereocenters. The Bertz CT molecular complexity index is 472. The molecule has 2 rings (SSSR count). The molecular formula is C15H22ClN3O. The highest BCUT2D eigenvalue weighted by atomic mass is 35.5.